The number of rotatable bonds is 5. The van der Waals surface area contributed by atoms with Crippen molar-refractivity contribution >= 4 is 5.97 Å². The van der Waals surface area contributed by atoms with Crippen molar-refractivity contribution in [1.29, 1.82) is 0 Å². The highest BCUT2D eigenvalue weighted by molar-refractivity contribution is 5.66. The molecule has 1 atom stereocenters. The molecule has 0 amide bonds. The maximum absolute atomic E-state index is 10.6. The van der Waals surface area contributed by atoms with Crippen LogP contribution in [0.5, 0.6) is 0 Å². The molecule has 0 radical (unpaired) electrons. The Morgan fingerprint density at radius 1 is 1.37 bits per heavy atom. The molecule has 1 aliphatic rings. The van der Waals surface area contributed by atoms with Gasteiger partial charge in [-0.2, -0.15) is 0 Å². The Bertz CT molecular complexity index is 436. The predicted molar refractivity (Wildman–Crippen MR) is 76.2 cm³/mol. The largest absolute Gasteiger partial charge is 0.481 e. The highest BCUT2D eigenvalue weighted by atomic mass is 16.4. The number of likely N-dealkylation sites (tertiary alicyclic amines) is 1. The fourth-order valence-electron chi connectivity index (χ4n) is 2.94. The molecule has 19 heavy (non-hydrogen) atoms. The van der Waals surface area contributed by atoms with Crippen molar-refractivity contribution in [3.8, 4) is 0 Å². The molecule has 1 unspecified atom stereocenters. The van der Waals surface area contributed by atoms with Gasteiger partial charge in [0, 0.05) is 19.5 Å². The van der Waals surface area contributed by atoms with Crippen molar-refractivity contribution in [1.82, 2.24) is 4.90 Å². The van der Waals surface area contributed by atoms with Crippen molar-refractivity contribution < 1.29 is 9.90 Å². The van der Waals surface area contributed by atoms with Crippen molar-refractivity contribution in [2.75, 3.05) is 13.1 Å². The minimum absolute atomic E-state index is 0.307. The smallest absolute Gasteiger partial charge is 0.303 e. The van der Waals surface area contributed by atoms with E-state index in [1.807, 2.05) is 0 Å². The van der Waals surface area contributed by atoms with Gasteiger partial charge < -0.3 is 5.11 Å². The van der Waals surface area contributed by atoms with E-state index in [1.165, 1.54) is 16.7 Å². The van der Waals surface area contributed by atoms with Gasteiger partial charge >= 0.3 is 5.97 Å². The van der Waals surface area contributed by atoms with Crippen LogP contribution in [0.15, 0.2) is 18.2 Å². The normalized spacial score (nSPS) is 19.8. The second-order valence-electron chi connectivity index (χ2n) is 5.69. The first kappa shape index (κ1) is 14.1. The molecule has 0 aliphatic carbocycles. The highest BCUT2D eigenvalue weighted by Crippen LogP contribution is 2.24. The van der Waals surface area contributed by atoms with Gasteiger partial charge in [-0.3, -0.25) is 9.69 Å². The number of hydrogen-bond acceptors (Lipinski definition) is 2. The summed E-state index contributed by atoms with van der Waals surface area (Å²) in [6.07, 6.45) is 2.26. The number of benzene rings is 1. The molecule has 0 saturated carbocycles. The molecule has 1 aromatic rings. The maximum atomic E-state index is 10.6. The first-order chi connectivity index (χ1) is 9.06. The molecule has 1 aliphatic heterocycles. The summed E-state index contributed by atoms with van der Waals surface area (Å²) in [6, 6.07) is 6.44. The molecule has 0 bridgehead atoms. The van der Waals surface area contributed by atoms with Gasteiger partial charge in [0.2, 0.25) is 0 Å². The fraction of sp³-hybridized carbons (Fsp3) is 0.562. The summed E-state index contributed by atoms with van der Waals surface area (Å²) >= 11 is 0. The third-order valence-electron chi connectivity index (χ3n) is 4.16. The minimum Gasteiger partial charge on any atom is -0.481 e. The third kappa shape index (κ3) is 3.80. The second-order valence-corrected chi connectivity index (χ2v) is 5.69. The number of aliphatic carboxylic acids is 1. The first-order valence-corrected chi connectivity index (χ1v) is 7.05. The maximum Gasteiger partial charge on any atom is 0.303 e. The van der Waals surface area contributed by atoms with Gasteiger partial charge in [-0.15, -0.1) is 0 Å². The number of aryl methyl sites for hydroxylation is 2. The number of carbonyl (C=O) groups is 1. The Labute approximate surface area is 115 Å². The highest BCUT2D eigenvalue weighted by Gasteiger charge is 2.23. The van der Waals surface area contributed by atoms with Crippen LogP contribution >= 0.6 is 0 Å². The van der Waals surface area contributed by atoms with Crippen molar-refractivity contribution in [3.05, 3.63) is 34.9 Å². The predicted octanol–water partition coefficient (Wildman–Crippen LogP) is 2.99. The molecule has 3 nitrogen and oxygen atoms in total. The summed E-state index contributed by atoms with van der Waals surface area (Å²) in [5.74, 6) is -0.117. The van der Waals surface area contributed by atoms with Crippen LogP contribution in [-0.4, -0.2) is 29.1 Å². The monoisotopic (exact) mass is 261 g/mol. The zero-order chi connectivity index (χ0) is 13.8. The van der Waals surface area contributed by atoms with Crippen LogP contribution in [0.1, 0.15) is 36.0 Å². The van der Waals surface area contributed by atoms with Crippen LogP contribution in [0.4, 0.5) is 0 Å². The number of hydrogen-bond donors (Lipinski definition) is 1. The van der Waals surface area contributed by atoms with E-state index in [9.17, 15) is 4.79 Å². The van der Waals surface area contributed by atoms with Crippen LogP contribution in [0.3, 0.4) is 0 Å². The topological polar surface area (TPSA) is 40.5 Å². The third-order valence-corrected chi connectivity index (χ3v) is 4.16. The Hall–Kier alpha value is -1.35. The molecule has 2 rings (SSSR count). The minimum atomic E-state index is -0.673. The second kappa shape index (κ2) is 6.20. The first-order valence-electron chi connectivity index (χ1n) is 7.05. The molecule has 3 heteroatoms. The molecule has 0 aromatic heterocycles. The van der Waals surface area contributed by atoms with Crippen LogP contribution in [0.2, 0.25) is 0 Å². The van der Waals surface area contributed by atoms with Gasteiger partial charge in [-0.25, -0.2) is 0 Å². The molecule has 1 N–H and O–H groups in total. The van der Waals surface area contributed by atoms with E-state index in [-0.39, 0.29) is 0 Å². The molecular formula is C16H23NO2. The molecule has 1 saturated heterocycles. The Morgan fingerprint density at radius 3 is 2.68 bits per heavy atom. The average molecular weight is 261 g/mol. The molecule has 1 heterocycles. The van der Waals surface area contributed by atoms with E-state index in [4.69, 9.17) is 5.11 Å². The SMILES string of the molecule is Cc1cccc(C)c1CN1CCC(CCC(=O)O)C1. The number of nitrogens with zero attached hydrogens (tertiary/aromatic N) is 1. The van der Waals surface area contributed by atoms with E-state index in [0.29, 0.717) is 12.3 Å². The van der Waals surface area contributed by atoms with Crippen LogP contribution in [-0.2, 0) is 11.3 Å². The van der Waals surface area contributed by atoms with Gasteiger partial charge in [0.25, 0.3) is 0 Å². The van der Waals surface area contributed by atoms with Gasteiger partial charge in [0.15, 0.2) is 0 Å². The van der Waals surface area contributed by atoms with E-state index in [2.05, 4.69) is 36.9 Å². The molecule has 1 aromatic carbocycles. The molecule has 0 spiro atoms. The van der Waals surface area contributed by atoms with Gasteiger partial charge in [-0.05, 0) is 55.8 Å². The fourth-order valence-corrected chi connectivity index (χ4v) is 2.94. The summed E-state index contributed by atoms with van der Waals surface area (Å²) in [4.78, 5) is 13.1. The van der Waals surface area contributed by atoms with Crippen molar-refractivity contribution in [2.45, 2.75) is 39.7 Å². The van der Waals surface area contributed by atoms with Crippen molar-refractivity contribution in [3.63, 3.8) is 0 Å². The molecule has 1 fully saturated rings. The summed E-state index contributed by atoms with van der Waals surface area (Å²) in [5.41, 5.74) is 4.14. The Balaban J connectivity index is 1.90. The molecular weight excluding hydrogens is 238 g/mol. The van der Waals surface area contributed by atoms with Gasteiger partial charge in [0.1, 0.15) is 0 Å². The summed E-state index contributed by atoms with van der Waals surface area (Å²) < 4.78 is 0. The lowest BCUT2D eigenvalue weighted by atomic mass is 10.0. The average Bonchev–Trinajstić information content (AvgIpc) is 2.79. The van der Waals surface area contributed by atoms with E-state index < -0.39 is 5.97 Å². The van der Waals surface area contributed by atoms with Crippen LogP contribution in [0, 0.1) is 19.8 Å². The number of carboxylic acid groups (broad SMARTS) is 1. The lowest BCUT2D eigenvalue weighted by Crippen LogP contribution is -2.21. The van der Waals surface area contributed by atoms with Crippen LogP contribution < -0.4 is 0 Å². The quantitative estimate of drug-likeness (QED) is 0.885. The zero-order valence-corrected chi connectivity index (χ0v) is 11.9. The zero-order valence-electron chi connectivity index (χ0n) is 11.9. The van der Waals surface area contributed by atoms with Gasteiger partial charge in [0.05, 0.1) is 0 Å². The van der Waals surface area contributed by atoms with E-state index >= 15 is 0 Å². The Kier molecular flexibility index (Phi) is 4.59. The van der Waals surface area contributed by atoms with E-state index in [0.717, 1.165) is 32.5 Å². The standard InChI is InChI=1S/C16H23NO2/c1-12-4-3-5-13(2)15(12)11-17-9-8-14(10-17)6-7-16(18)19/h3-5,14H,6-11H2,1-2H3,(H,18,19). The Morgan fingerprint density at radius 2 is 2.05 bits per heavy atom. The summed E-state index contributed by atoms with van der Waals surface area (Å²) in [7, 11) is 0. The summed E-state index contributed by atoms with van der Waals surface area (Å²) in [5, 5.41) is 8.73. The van der Waals surface area contributed by atoms with Gasteiger partial charge in [-0.1, -0.05) is 18.2 Å². The van der Waals surface area contributed by atoms with E-state index in [1.54, 1.807) is 0 Å². The molecule has 104 valence electrons. The lowest BCUT2D eigenvalue weighted by Gasteiger charge is -2.19. The lowest BCUT2D eigenvalue weighted by molar-refractivity contribution is -0.137. The number of carboxylic acids is 1. The summed E-state index contributed by atoms with van der Waals surface area (Å²) in [6.45, 7) is 7.47. The van der Waals surface area contributed by atoms with Crippen LogP contribution in [0.25, 0.3) is 0 Å². The van der Waals surface area contributed by atoms with Crippen molar-refractivity contribution in [2.24, 2.45) is 5.92 Å².